The highest BCUT2D eigenvalue weighted by molar-refractivity contribution is 9.10. The zero-order valence-corrected chi connectivity index (χ0v) is 9.51. The zero-order valence-electron chi connectivity index (χ0n) is 7.11. The van der Waals surface area contributed by atoms with E-state index in [2.05, 4.69) is 20.9 Å². The molecule has 1 aromatic heterocycles. The van der Waals surface area contributed by atoms with Crippen molar-refractivity contribution in [1.82, 2.24) is 4.98 Å². The van der Waals surface area contributed by atoms with Gasteiger partial charge in [0.1, 0.15) is 10.8 Å². The molecule has 0 saturated carbocycles. The zero-order chi connectivity index (χ0) is 9.97. The summed E-state index contributed by atoms with van der Waals surface area (Å²) in [6, 6.07) is 7.54. The van der Waals surface area contributed by atoms with Crippen molar-refractivity contribution in [1.29, 1.82) is 0 Å². The summed E-state index contributed by atoms with van der Waals surface area (Å²) in [5.74, 6) is 0.752. The molecular formula is C9H7BrN2OS. The van der Waals surface area contributed by atoms with E-state index in [9.17, 15) is 0 Å². The smallest absolute Gasteiger partial charge is 0.280 e. The number of halogens is 1. The Hall–Kier alpha value is -1.07. The van der Waals surface area contributed by atoms with Crippen LogP contribution in [0.5, 0.6) is 10.9 Å². The molecule has 0 aliphatic heterocycles. The highest BCUT2D eigenvalue weighted by Crippen LogP contribution is 2.28. The van der Waals surface area contributed by atoms with E-state index in [0.29, 0.717) is 10.2 Å². The van der Waals surface area contributed by atoms with Crippen LogP contribution in [0.15, 0.2) is 34.9 Å². The van der Waals surface area contributed by atoms with Crippen LogP contribution in [0.1, 0.15) is 0 Å². The Morgan fingerprint density at radius 2 is 2.00 bits per heavy atom. The fourth-order valence-corrected chi connectivity index (χ4v) is 1.74. The maximum absolute atomic E-state index is 5.52. The highest BCUT2D eigenvalue weighted by Gasteiger charge is 2.01. The molecule has 2 rings (SSSR count). The first kappa shape index (κ1) is 9.48. The van der Waals surface area contributed by atoms with Gasteiger partial charge in [-0.3, -0.25) is 0 Å². The number of hydrogen-bond donors (Lipinski definition) is 1. The Morgan fingerprint density at radius 1 is 1.29 bits per heavy atom. The quantitative estimate of drug-likeness (QED) is 0.911. The number of benzene rings is 1. The van der Waals surface area contributed by atoms with Crippen LogP contribution < -0.4 is 10.5 Å². The second-order valence-electron chi connectivity index (χ2n) is 2.58. The molecule has 5 heteroatoms. The molecule has 1 heterocycles. The minimum atomic E-state index is 0.560. The standard InChI is InChI=1S/C9H7BrN2OS/c10-6-1-3-7(4-2-6)13-9-12-5-8(11)14-9/h1-5H,11H2. The lowest BCUT2D eigenvalue weighted by molar-refractivity contribution is 0.479. The van der Waals surface area contributed by atoms with Crippen LogP contribution in [0.4, 0.5) is 5.00 Å². The van der Waals surface area contributed by atoms with E-state index < -0.39 is 0 Å². The van der Waals surface area contributed by atoms with Gasteiger partial charge in [-0.05, 0) is 24.3 Å². The SMILES string of the molecule is Nc1cnc(Oc2ccc(Br)cc2)s1. The Morgan fingerprint density at radius 3 is 2.57 bits per heavy atom. The number of rotatable bonds is 2. The number of ether oxygens (including phenoxy) is 1. The number of nitrogen functional groups attached to an aromatic ring is 1. The van der Waals surface area contributed by atoms with Gasteiger partial charge >= 0.3 is 0 Å². The van der Waals surface area contributed by atoms with Gasteiger partial charge in [-0.1, -0.05) is 27.3 Å². The maximum Gasteiger partial charge on any atom is 0.280 e. The molecule has 2 N–H and O–H groups in total. The Labute approximate surface area is 93.7 Å². The molecule has 0 saturated heterocycles. The third kappa shape index (κ3) is 2.24. The highest BCUT2D eigenvalue weighted by atomic mass is 79.9. The summed E-state index contributed by atoms with van der Waals surface area (Å²) in [6.07, 6.45) is 1.58. The van der Waals surface area contributed by atoms with Gasteiger partial charge in [0.25, 0.3) is 5.19 Å². The summed E-state index contributed by atoms with van der Waals surface area (Å²) < 4.78 is 6.48. The van der Waals surface area contributed by atoms with E-state index in [1.165, 1.54) is 11.3 Å². The van der Waals surface area contributed by atoms with Gasteiger partial charge in [-0.25, -0.2) is 4.98 Å². The summed E-state index contributed by atoms with van der Waals surface area (Å²) in [5, 5.41) is 1.21. The fraction of sp³-hybridized carbons (Fsp3) is 0. The van der Waals surface area contributed by atoms with Crippen molar-refractivity contribution in [3.63, 3.8) is 0 Å². The number of thiazole rings is 1. The van der Waals surface area contributed by atoms with Gasteiger partial charge in [-0.2, -0.15) is 0 Å². The van der Waals surface area contributed by atoms with Crippen molar-refractivity contribution in [2.75, 3.05) is 5.73 Å². The Balaban J connectivity index is 2.15. The average molecular weight is 271 g/mol. The molecule has 0 spiro atoms. The normalized spacial score (nSPS) is 10.1. The van der Waals surface area contributed by atoms with E-state index in [1.807, 2.05) is 24.3 Å². The predicted octanol–water partition coefficient (Wildman–Crippen LogP) is 3.28. The number of aromatic nitrogens is 1. The van der Waals surface area contributed by atoms with Crippen molar-refractivity contribution >= 4 is 32.3 Å². The second kappa shape index (κ2) is 3.98. The third-order valence-electron chi connectivity index (χ3n) is 1.52. The van der Waals surface area contributed by atoms with Crippen LogP contribution in [-0.4, -0.2) is 4.98 Å². The second-order valence-corrected chi connectivity index (χ2v) is 4.52. The van der Waals surface area contributed by atoms with Gasteiger partial charge < -0.3 is 10.5 Å². The van der Waals surface area contributed by atoms with Crippen LogP contribution in [0.2, 0.25) is 0 Å². The monoisotopic (exact) mass is 270 g/mol. The maximum atomic E-state index is 5.52. The molecule has 0 bridgehead atoms. The van der Waals surface area contributed by atoms with E-state index in [4.69, 9.17) is 10.5 Å². The molecule has 0 fully saturated rings. The molecule has 1 aromatic carbocycles. The molecule has 72 valence electrons. The molecule has 14 heavy (non-hydrogen) atoms. The minimum absolute atomic E-state index is 0.560. The lowest BCUT2D eigenvalue weighted by atomic mass is 10.3. The molecule has 0 aliphatic carbocycles. The minimum Gasteiger partial charge on any atom is -0.431 e. The van der Waals surface area contributed by atoms with Crippen LogP contribution in [0.25, 0.3) is 0 Å². The summed E-state index contributed by atoms with van der Waals surface area (Å²) in [5.41, 5.74) is 5.52. The molecule has 0 amide bonds. The van der Waals surface area contributed by atoms with E-state index in [1.54, 1.807) is 6.20 Å². The Bertz CT molecular complexity index is 427. The van der Waals surface area contributed by atoms with Crippen LogP contribution >= 0.6 is 27.3 Å². The molecule has 0 atom stereocenters. The van der Waals surface area contributed by atoms with Gasteiger partial charge in [0.05, 0.1) is 6.20 Å². The molecule has 0 unspecified atom stereocenters. The van der Waals surface area contributed by atoms with Crippen molar-refractivity contribution in [2.24, 2.45) is 0 Å². The summed E-state index contributed by atoms with van der Waals surface area (Å²) >= 11 is 4.67. The van der Waals surface area contributed by atoms with Crippen molar-refractivity contribution < 1.29 is 4.74 Å². The van der Waals surface area contributed by atoms with Crippen molar-refractivity contribution in [3.05, 3.63) is 34.9 Å². The third-order valence-corrected chi connectivity index (χ3v) is 2.75. The van der Waals surface area contributed by atoms with Crippen molar-refractivity contribution in [3.8, 4) is 10.9 Å². The van der Waals surface area contributed by atoms with Gasteiger partial charge in [0.15, 0.2) is 0 Å². The molecular weight excluding hydrogens is 264 g/mol. The largest absolute Gasteiger partial charge is 0.431 e. The van der Waals surface area contributed by atoms with E-state index in [-0.39, 0.29) is 0 Å². The number of anilines is 1. The summed E-state index contributed by atoms with van der Waals surface area (Å²) in [6.45, 7) is 0. The average Bonchev–Trinajstić information content (AvgIpc) is 2.56. The molecule has 3 nitrogen and oxygen atoms in total. The van der Waals surface area contributed by atoms with Gasteiger partial charge in [-0.15, -0.1) is 0 Å². The summed E-state index contributed by atoms with van der Waals surface area (Å²) in [7, 11) is 0. The van der Waals surface area contributed by atoms with E-state index in [0.717, 1.165) is 10.2 Å². The first-order valence-corrected chi connectivity index (χ1v) is 5.50. The summed E-state index contributed by atoms with van der Waals surface area (Å²) in [4.78, 5) is 3.99. The van der Waals surface area contributed by atoms with Crippen LogP contribution in [0, 0.1) is 0 Å². The molecule has 0 aliphatic rings. The molecule has 0 radical (unpaired) electrons. The number of hydrogen-bond acceptors (Lipinski definition) is 4. The molecule has 2 aromatic rings. The lowest BCUT2D eigenvalue weighted by Gasteiger charge is -2.00. The first-order chi connectivity index (χ1) is 6.74. The van der Waals surface area contributed by atoms with Crippen LogP contribution in [0.3, 0.4) is 0 Å². The van der Waals surface area contributed by atoms with Gasteiger partial charge in [0.2, 0.25) is 0 Å². The number of nitrogens with zero attached hydrogens (tertiary/aromatic N) is 1. The Kier molecular flexibility index (Phi) is 2.69. The van der Waals surface area contributed by atoms with Crippen LogP contribution in [-0.2, 0) is 0 Å². The van der Waals surface area contributed by atoms with E-state index >= 15 is 0 Å². The first-order valence-electron chi connectivity index (χ1n) is 3.89. The predicted molar refractivity (Wildman–Crippen MR) is 60.7 cm³/mol. The number of nitrogens with two attached hydrogens (primary N) is 1. The fourth-order valence-electron chi connectivity index (χ4n) is 0.920. The van der Waals surface area contributed by atoms with Crippen molar-refractivity contribution in [2.45, 2.75) is 0 Å². The topological polar surface area (TPSA) is 48.1 Å². The lowest BCUT2D eigenvalue weighted by Crippen LogP contribution is -1.81. The van der Waals surface area contributed by atoms with Gasteiger partial charge in [0, 0.05) is 4.47 Å².